The predicted molar refractivity (Wildman–Crippen MR) is 81.5 cm³/mol. The van der Waals surface area contributed by atoms with Crippen molar-refractivity contribution >= 4 is 28.9 Å². The summed E-state index contributed by atoms with van der Waals surface area (Å²) in [5.74, 6) is 0.234. The Kier molecular flexibility index (Phi) is 4.15. The van der Waals surface area contributed by atoms with Gasteiger partial charge in [-0.1, -0.05) is 23.2 Å². The number of hydrogen-bond donors (Lipinski definition) is 2. The van der Waals surface area contributed by atoms with Crippen LogP contribution in [0.1, 0.15) is 15.9 Å². The molecule has 4 nitrogen and oxygen atoms in total. The molecular formula is C15H15ClN2O2. The smallest absolute Gasteiger partial charge is 0.257 e. The maximum absolute atomic E-state index is 12.2. The van der Waals surface area contributed by atoms with Crippen molar-refractivity contribution in [1.82, 2.24) is 0 Å². The number of methoxy groups -OCH3 is 1. The molecule has 0 fully saturated rings. The van der Waals surface area contributed by atoms with Gasteiger partial charge in [0, 0.05) is 17.4 Å². The molecule has 0 bridgehead atoms. The zero-order valence-corrected chi connectivity index (χ0v) is 12.0. The first-order valence-corrected chi connectivity index (χ1v) is 6.40. The van der Waals surface area contributed by atoms with E-state index < -0.39 is 0 Å². The third kappa shape index (κ3) is 3.03. The zero-order valence-electron chi connectivity index (χ0n) is 11.2. The molecule has 0 saturated carbocycles. The van der Waals surface area contributed by atoms with Crippen molar-refractivity contribution in [3.05, 3.63) is 52.5 Å². The van der Waals surface area contributed by atoms with Crippen LogP contribution >= 0.6 is 11.6 Å². The van der Waals surface area contributed by atoms with E-state index in [1.807, 2.05) is 13.0 Å². The van der Waals surface area contributed by atoms with Gasteiger partial charge in [0.1, 0.15) is 5.75 Å². The Labute approximate surface area is 122 Å². The lowest BCUT2D eigenvalue weighted by molar-refractivity contribution is 0.102. The molecule has 0 unspecified atom stereocenters. The molecule has 0 atom stereocenters. The number of hydrogen-bond acceptors (Lipinski definition) is 3. The van der Waals surface area contributed by atoms with Crippen LogP contribution in [0, 0.1) is 6.92 Å². The molecule has 0 saturated heterocycles. The van der Waals surface area contributed by atoms with Gasteiger partial charge in [0.15, 0.2) is 0 Å². The predicted octanol–water partition coefficient (Wildman–Crippen LogP) is 3.49. The first-order chi connectivity index (χ1) is 9.51. The standard InChI is InChI=1S/C15H15ClN2O2/c1-9-3-6-13(17)11(7-9)15(19)18-10-4-5-12(16)14(8-10)20-2/h3-8H,17H2,1-2H3,(H,18,19). The van der Waals surface area contributed by atoms with Gasteiger partial charge in [-0.05, 0) is 31.2 Å². The van der Waals surface area contributed by atoms with Gasteiger partial charge in [0.2, 0.25) is 0 Å². The fourth-order valence-corrected chi connectivity index (χ4v) is 2.00. The quantitative estimate of drug-likeness (QED) is 0.851. The van der Waals surface area contributed by atoms with E-state index in [9.17, 15) is 4.79 Å². The molecule has 0 aliphatic carbocycles. The van der Waals surface area contributed by atoms with Gasteiger partial charge in [-0.3, -0.25) is 4.79 Å². The average Bonchev–Trinajstić information content (AvgIpc) is 2.43. The van der Waals surface area contributed by atoms with Crippen molar-refractivity contribution in [3.8, 4) is 5.75 Å². The normalized spacial score (nSPS) is 10.2. The second-order valence-corrected chi connectivity index (χ2v) is 4.80. The van der Waals surface area contributed by atoms with Gasteiger partial charge < -0.3 is 15.8 Å². The van der Waals surface area contributed by atoms with Crippen molar-refractivity contribution < 1.29 is 9.53 Å². The van der Waals surface area contributed by atoms with Gasteiger partial charge in [-0.15, -0.1) is 0 Å². The largest absolute Gasteiger partial charge is 0.495 e. The molecule has 0 aliphatic heterocycles. The van der Waals surface area contributed by atoms with Crippen LogP contribution in [0.25, 0.3) is 0 Å². The maximum atomic E-state index is 12.2. The highest BCUT2D eigenvalue weighted by molar-refractivity contribution is 6.32. The van der Waals surface area contributed by atoms with E-state index in [-0.39, 0.29) is 5.91 Å². The fourth-order valence-electron chi connectivity index (χ4n) is 1.80. The number of nitrogen functional groups attached to an aromatic ring is 1. The molecule has 5 heteroatoms. The number of benzene rings is 2. The molecule has 0 aromatic heterocycles. The van der Waals surface area contributed by atoms with Crippen LogP contribution in [0.15, 0.2) is 36.4 Å². The van der Waals surface area contributed by atoms with E-state index in [2.05, 4.69) is 5.32 Å². The SMILES string of the molecule is COc1cc(NC(=O)c2cc(C)ccc2N)ccc1Cl. The first kappa shape index (κ1) is 14.2. The molecule has 3 N–H and O–H groups in total. The highest BCUT2D eigenvalue weighted by Gasteiger charge is 2.11. The second kappa shape index (κ2) is 5.84. The fraction of sp³-hybridized carbons (Fsp3) is 0.133. The van der Waals surface area contributed by atoms with Crippen LogP contribution in [-0.2, 0) is 0 Å². The van der Waals surface area contributed by atoms with Crippen LogP contribution in [0.3, 0.4) is 0 Å². The maximum Gasteiger partial charge on any atom is 0.257 e. The number of ether oxygens (including phenoxy) is 1. The molecule has 0 heterocycles. The number of amides is 1. The molecule has 0 spiro atoms. The van der Waals surface area contributed by atoms with Gasteiger partial charge in [-0.25, -0.2) is 0 Å². The highest BCUT2D eigenvalue weighted by atomic mass is 35.5. The molecule has 2 aromatic carbocycles. The van der Waals surface area contributed by atoms with Crippen molar-refractivity contribution in [2.24, 2.45) is 0 Å². The third-order valence-electron chi connectivity index (χ3n) is 2.86. The lowest BCUT2D eigenvalue weighted by atomic mass is 10.1. The van der Waals surface area contributed by atoms with E-state index >= 15 is 0 Å². The summed E-state index contributed by atoms with van der Waals surface area (Å²) in [4.78, 5) is 12.2. The summed E-state index contributed by atoms with van der Waals surface area (Å²) in [5, 5.41) is 3.26. The monoisotopic (exact) mass is 290 g/mol. The summed E-state index contributed by atoms with van der Waals surface area (Å²) in [7, 11) is 1.52. The summed E-state index contributed by atoms with van der Waals surface area (Å²) in [5.41, 5.74) is 8.26. The molecule has 0 aliphatic rings. The Balaban J connectivity index is 2.25. The van der Waals surface area contributed by atoms with Gasteiger partial charge in [0.05, 0.1) is 17.7 Å². The minimum atomic E-state index is -0.268. The minimum Gasteiger partial charge on any atom is -0.495 e. The molecule has 20 heavy (non-hydrogen) atoms. The minimum absolute atomic E-state index is 0.268. The molecule has 104 valence electrons. The van der Waals surface area contributed by atoms with Gasteiger partial charge >= 0.3 is 0 Å². The van der Waals surface area contributed by atoms with Crippen LogP contribution in [0.2, 0.25) is 5.02 Å². The highest BCUT2D eigenvalue weighted by Crippen LogP contribution is 2.27. The Bertz CT molecular complexity index is 656. The van der Waals surface area contributed by atoms with Crippen molar-refractivity contribution in [2.75, 3.05) is 18.2 Å². The van der Waals surface area contributed by atoms with Crippen LogP contribution < -0.4 is 15.8 Å². The number of carbonyl (C=O) groups is 1. The van der Waals surface area contributed by atoms with E-state index in [0.717, 1.165) is 5.56 Å². The molecule has 0 radical (unpaired) electrons. The summed E-state index contributed by atoms with van der Waals surface area (Å²) in [6.07, 6.45) is 0. The number of rotatable bonds is 3. The average molecular weight is 291 g/mol. The lowest BCUT2D eigenvalue weighted by Crippen LogP contribution is -2.14. The molecule has 2 rings (SSSR count). The Morgan fingerprint density at radius 1 is 1.25 bits per heavy atom. The van der Waals surface area contributed by atoms with E-state index in [1.54, 1.807) is 30.3 Å². The Hall–Kier alpha value is -2.20. The van der Waals surface area contributed by atoms with Gasteiger partial charge in [0.25, 0.3) is 5.91 Å². The molecule has 1 amide bonds. The Morgan fingerprint density at radius 3 is 2.70 bits per heavy atom. The summed E-state index contributed by atoms with van der Waals surface area (Å²) >= 11 is 5.94. The van der Waals surface area contributed by atoms with Crippen molar-refractivity contribution in [1.29, 1.82) is 0 Å². The third-order valence-corrected chi connectivity index (χ3v) is 3.17. The molecular weight excluding hydrogens is 276 g/mol. The summed E-state index contributed by atoms with van der Waals surface area (Å²) in [6.45, 7) is 1.90. The summed E-state index contributed by atoms with van der Waals surface area (Å²) < 4.78 is 5.11. The zero-order chi connectivity index (χ0) is 14.7. The van der Waals surface area contributed by atoms with Crippen LogP contribution in [0.4, 0.5) is 11.4 Å². The van der Waals surface area contributed by atoms with Crippen LogP contribution in [-0.4, -0.2) is 13.0 Å². The number of anilines is 2. The number of aryl methyl sites for hydroxylation is 1. The van der Waals surface area contributed by atoms with Gasteiger partial charge in [-0.2, -0.15) is 0 Å². The van der Waals surface area contributed by atoms with E-state index in [0.29, 0.717) is 27.7 Å². The topological polar surface area (TPSA) is 64.3 Å². The number of nitrogens with two attached hydrogens (primary N) is 1. The van der Waals surface area contributed by atoms with E-state index in [1.165, 1.54) is 7.11 Å². The number of nitrogens with one attached hydrogen (secondary N) is 1. The van der Waals surface area contributed by atoms with Crippen molar-refractivity contribution in [2.45, 2.75) is 6.92 Å². The number of carbonyl (C=O) groups excluding carboxylic acids is 1. The second-order valence-electron chi connectivity index (χ2n) is 4.39. The van der Waals surface area contributed by atoms with Crippen molar-refractivity contribution in [3.63, 3.8) is 0 Å². The lowest BCUT2D eigenvalue weighted by Gasteiger charge is -2.10. The number of halogens is 1. The summed E-state index contributed by atoms with van der Waals surface area (Å²) in [6, 6.07) is 10.3. The first-order valence-electron chi connectivity index (χ1n) is 6.02. The van der Waals surface area contributed by atoms with Crippen LogP contribution in [0.5, 0.6) is 5.75 Å². The Morgan fingerprint density at radius 2 is 2.00 bits per heavy atom. The molecule has 2 aromatic rings. The van der Waals surface area contributed by atoms with E-state index in [4.69, 9.17) is 22.1 Å².